The Morgan fingerprint density at radius 2 is 1.96 bits per heavy atom. The fraction of sp³-hybridized carbons (Fsp3) is 0.300. The standard InChI is InChI=1S/C14H16N2O.C6H4/c1-4-12(11-7-5-6-8-15-11)16-10-14(2,3)9-13(16)17;1-2-5-4-6(5)3-1/h1,5-8,12H,9-10H2,2-3H3;1-4H. The van der Waals surface area contributed by atoms with Crippen LogP contribution in [0, 0.1) is 17.8 Å². The first-order chi connectivity index (χ1) is 11.0. The van der Waals surface area contributed by atoms with Crippen LogP contribution in [-0.4, -0.2) is 22.3 Å². The van der Waals surface area contributed by atoms with Crippen LogP contribution in [0.5, 0.6) is 0 Å². The van der Waals surface area contributed by atoms with Crippen LogP contribution >= 0.6 is 0 Å². The van der Waals surface area contributed by atoms with Crippen LogP contribution < -0.4 is 0 Å². The van der Waals surface area contributed by atoms with Crippen molar-refractivity contribution in [3.63, 3.8) is 0 Å². The van der Waals surface area contributed by atoms with E-state index in [1.807, 2.05) is 18.2 Å². The van der Waals surface area contributed by atoms with Crippen LogP contribution in [-0.2, 0) is 4.79 Å². The van der Waals surface area contributed by atoms with Crippen molar-refractivity contribution in [1.82, 2.24) is 9.88 Å². The molecule has 1 aliphatic heterocycles. The monoisotopic (exact) mass is 304 g/mol. The van der Waals surface area contributed by atoms with E-state index in [4.69, 9.17) is 6.42 Å². The molecule has 2 aliphatic carbocycles. The number of rotatable bonds is 2. The van der Waals surface area contributed by atoms with Gasteiger partial charge in [-0.2, -0.15) is 0 Å². The van der Waals surface area contributed by atoms with Gasteiger partial charge in [0.2, 0.25) is 5.91 Å². The van der Waals surface area contributed by atoms with Crippen molar-refractivity contribution in [3.05, 3.63) is 54.4 Å². The first kappa shape index (κ1) is 15.3. The number of aromatic nitrogens is 1. The van der Waals surface area contributed by atoms with E-state index in [0.29, 0.717) is 13.0 Å². The van der Waals surface area contributed by atoms with Crippen LogP contribution in [0.15, 0.2) is 48.7 Å². The van der Waals surface area contributed by atoms with Crippen molar-refractivity contribution >= 4 is 5.91 Å². The molecule has 2 heterocycles. The molecule has 3 nitrogen and oxygen atoms in total. The van der Waals surface area contributed by atoms with E-state index in [0.717, 1.165) is 5.69 Å². The molecule has 0 radical (unpaired) electrons. The number of carbonyl (C=O) groups is 1. The molecule has 1 aromatic heterocycles. The molecule has 0 N–H and O–H groups in total. The Balaban J connectivity index is 0.000000213. The SMILES string of the molecule is C#CC(c1ccccn1)N1CC(C)(C)CC1=O.c1cc2cc-2c1. The summed E-state index contributed by atoms with van der Waals surface area (Å²) in [6.45, 7) is 4.85. The molecule has 1 unspecified atom stereocenters. The summed E-state index contributed by atoms with van der Waals surface area (Å²) in [5, 5.41) is 0. The Morgan fingerprint density at radius 1 is 1.22 bits per heavy atom. The van der Waals surface area contributed by atoms with E-state index in [1.165, 1.54) is 11.1 Å². The van der Waals surface area contributed by atoms with Gasteiger partial charge < -0.3 is 4.90 Å². The summed E-state index contributed by atoms with van der Waals surface area (Å²) in [4.78, 5) is 18.0. The molecule has 0 saturated carbocycles. The van der Waals surface area contributed by atoms with Crippen molar-refractivity contribution in [1.29, 1.82) is 0 Å². The van der Waals surface area contributed by atoms with Crippen molar-refractivity contribution in [2.24, 2.45) is 5.41 Å². The van der Waals surface area contributed by atoms with Crippen LogP contribution in [0.25, 0.3) is 11.1 Å². The van der Waals surface area contributed by atoms with Crippen molar-refractivity contribution in [2.45, 2.75) is 26.3 Å². The molecule has 23 heavy (non-hydrogen) atoms. The van der Waals surface area contributed by atoms with Gasteiger partial charge >= 0.3 is 0 Å². The molecule has 0 aromatic carbocycles. The Kier molecular flexibility index (Phi) is 3.92. The summed E-state index contributed by atoms with van der Waals surface area (Å²) in [5.74, 6) is 2.79. The molecule has 1 aromatic rings. The minimum absolute atomic E-state index is 0.000956. The fourth-order valence-electron chi connectivity index (χ4n) is 2.90. The third kappa shape index (κ3) is 3.43. The van der Waals surface area contributed by atoms with E-state index >= 15 is 0 Å². The predicted octanol–water partition coefficient (Wildman–Crippen LogP) is 3.68. The van der Waals surface area contributed by atoms with Crippen LogP contribution in [0.3, 0.4) is 0 Å². The smallest absolute Gasteiger partial charge is 0.224 e. The second-order valence-electron chi connectivity index (χ2n) is 6.77. The zero-order chi connectivity index (χ0) is 16.4. The molecular formula is C20H20N2O. The van der Waals surface area contributed by atoms with Gasteiger partial charge in [-0.1, -0.05) is 44.0 Å². The number of pyridine rings is 1. The Hall–Kier alpha value is -2.60. The first-order valence-corrected chi connectivity index (χ1v) is 7.77. The Bertz CT molecular complexity index is 741. The summed E-state index contributed by atoms with van der Waals surface area (Å²) in [7, 11) is 0. The van der Waals surface area contributed by atoms with Gasteiger partial charge in [0.15, 0.2) is 0 Å². The van der Waals surface area contributed by atoms with E-state index < -0.39 is 0 Å². The number of likely N-dealkylation sites (tertiary alicyclic amines) is 1. The van der Waals surface area contributed by atoms with Crippen molar-refractivity contribution in [2.75, 3.05) is 6.54 Å². The molecule has 1 fully saturated rings. The molecule has 3 aliphatic rings. The number of nitrogens with zero attached hydrogens (tertiary/aromatic N) is 2. The Morgan fingerprint density at radius 3 is 2.35 bits per heavy atom. The molecule has 116 valence electrons. The van der Waals surface area contributed by atoms with Crippen molar-refractivity contribution < 1.29 is 4.79 Å². The highest BCUT2D eigenvalue weighted by Crippen LogP contribution is 2.35. The van der Waals surface area contributed by atoms with Gasteiger partial charge in [-0.05, 0) is 34.7 Å². The van der Waals surface area contributed by atoms with Gasteiger partial charge in [0.25, 0.3) is 0 Å². The highest BCUT2D eigenvalue weighted by Gasteiger charge is 2.39. The topological polar surface area (TPSA) is 33.2 Å². The minimum atomic E-state index is -0.342. The maximum atomic E-state index is 12.0. The normalized spacial score (nSPS) is 17.8. The summed E-state index contributed by atoms with van der Waals surface area (Å²) >= 11 is 0. The van der Waals surface area contributed by atoms with Gasteiger partial charge in [-0.15, -0.1) is 6.42 Å². The zero-order valence-corrected chi connectivity index (χ0v) is 13.5. The largest absolute Gasteiger partial charge is 0.323 e. The lowest BCUT2D eigenvalue weighted by molar-refractivity contribution is -0.129. The summed E-state index contributed by atoms with van der Waals surface area (Å²) in [5.41, 5.74) is 3.62. The van der Waals surface area contributed by atoms with Crippen LogP contribution in [0.1, 0.15) is 32.0 Å². The summed E-state index contributed by atoms with van der Waals surface area (Å²) in [6, 6.07) is 13.7. The van der Waals surface area contributed by atoms with Crippen molar-refractivity contribution in [3.8, 4) is 23.5 Å². The highest BCUT2D eigenvalue weighted by atomic mass is 16.2. The molecule has 1 saturated heterocycles. The second-order valence-corrected chi connectivity index (χ2v) is 6.77. The number of hydrogen-bond acceptors (Lipinski definition) is 2. The van der Waals surface area contributed by atoms with E-state index in [-0.39, 0.29) is 17.4 Å². The molecular weight excluding hydrogens is 284 g/mol. The minimum Gasteiger partial charge on any atom is -0.323 e. The van der Waals surface area contributed by atoms with Gasteiger partial charge in [0.1, 0.15) is 6.04 Å². The lowest BCUT2D eigenvalue weighted by atomic mass is 9.93. The number of hydrogen-bond donors (Lipinski definition) is 0. The van der Waals surface area contributed by atoms with Gasteiger partial charge in [-0.25, -0.2) is 0 Å². The molecule has 4 rings (SSSR count). The molecule has 1 amide bonds. The number of terminal acetylenes is 1. The third-order valence-corrected chi connectivity index (χ3v) is 4.10. The molecule has 3 heteroatoms. The molecule has 0 spiro atoms. The number of benzene rings is 1. The van der Waals surface area contributed by atoms with Gasteiger partial charge in [0, 0.05) is 19.2 Å². The lowest BCUT2D eigenvalue weighted by Gasteiger charge is -2.25. The summed E-state index contributed by atoms with van der Waals surface area (Å²) in [6.07, 6.45) is 7.80. The number of amides is 1. The molecule has 1 atom stereocenters. The first-order valence-electron chi connectivity index (χ1n) is 7.77. The van der Waals surface area contributed by atoms with Gasteiger partial charge in [-0.3, -0.25) is 9.78 Å². The second kappa shape index (κ2) is 5.89. The molecule has 0 bridgehead atoms. The number of fused-ring (bicyclic) bond motifs is 1. The lowest BCUT2D eigenvalue weighted by Crippen LogP contribution is -2.30. The van der Waals surface area contributed by atoms with E-state index in [1.54, 1.807) is 11.1 Å². The maximum Gasteiger partial charge on any atom is 0.224 e. The van der Waals surface area contributed by atoms with E-state index in [2.05, 4.69) is 49.0 Å². The summed E-state index contributed by atoms with van der Waals surface area (Å²) < 4.78 is 0. The van der Waals surface area contributed by atoms with E-state index in [9.17, 15) is 4.79 Å². The van der Waals surface area contributed by atoms with Crippen LogP contribution in [0.4, 0.5) is 0 Å². The van der Waals surface area contributed by atoms with Gasteiger partial charge in [0.05, 0.1) is 5.69 Å². The Labute approximate surface area is 137 Å². The maximum absolute atomic E-state index is 12.0. The quantitative estimate of drug-likeness (QED) is 0.677. The average molecular weight is 304 g/mol. The predicted molar refractivity (Wildman–Crippen MR) is 91.4 cm³/mol. The third-order valence-electron chi connectivity index (χ3n) is 4.10. The number of carbonyl (C=O) groups excluding carboxylic acids is 1. The fourth-order valence-corrected chi connectivity index (χ4v) is 2.90. The van der Waals surface area contributed by atoms with Crippen LogP contribution in [0.2, 0.25) is 0 Å². The average Bonchev–Trinajstić information content (AvgIpc) is 3.02. The zero-order valence-electron chi connectivity index (χ0n) is 13.5. The highest BCUT2D eigenvalue weighted by molar-refractivity contribution is 5.80.